The van der Waals surface area contributed by atoms with Crippen LogP contribution in [0.1, 0.15) is 12.8 Å². The molecule has 0 unspecified atom stereocenters. The number of fused-ring (bicyclic) bond motifs is 2. The van der Waals surface area contributed by atoms with Crippen LogP contribution in [0, 0.1) is 5.82 Å². The van der Waals surface area contributed by atoms with E-state index < -0.39 is 0 Å². The van der Waals surface area contributed by atoms with Gasteiger partial charge in [0.25, 0.3) is 0 Å². The van der Waals surface area contributed by atoms with Crippen LogP contribution < -0.4 is 10.7 Å². The zero-order chi connectivity index (χ0) is 23.6. The Hall–Kier alpha value is -4.17. The van der Waals surface area contributed by atoms with Crippen molar-refractivity contribution in [3.05, 3.63) is 90.3 Å². The number of aromatic nitrogens is 4. The fourth-order valence-electron chi connectivity index (χ4n) is 4.41. The number of para-hydroxylation sites is 2. The maximum absolute atomic E-state index is 13.7. The lowest BCUT2D eigenvalue weighted by Gasteiger charge is -2.21. The quantitative estimate of drug-likeness (QED) is 0.382. The second-order valence-corrected chi connectivity index (χ2v) is 8.44. The van der Waals surface area contributed by atoms with Gasteiger partial charge in [-0.2, -0.15) is 0 Å². The van der Waals surface area contributed by atoms with E-state index in [9.17, 15) is 4.39 Å². The van der Waals surface area contributed by atoms with Gasteiger partial charge in [0.2, 0.25) is 5.95 Å². The van der Waals surface area contributed by atoms with E-state index in [0.717, 1.165) is 52.0 Å². The van der Waals surface area contributed by atoms with E-state index in [2.05, 4.69) is 19.9 Å². The first-order chi connectivity index (χ1) is 17.2. The lowest BCUT2D eigenvalue weighted by atomic mass is 10.1. The standard InChI is InChI=1S/C27H23FN6O/c28-18-6-8-20(9-7-18)34-25-5-2-1-4-21(25)32-24-16-22(33-27-29-12-3-13-30-27)23(17-26(24)34)31-19-10-14-35-15-11-19/h1-9,12-13,16-17,19H,10-11,14-15H2,(H,29,30,33). The molecule has 1 aliphatic carbocycles. The number of rotatable bonds is 4. The van der Waals surface area contributed by atoms with Crippen molar-refractivity contribution < 1.29 is 9.13 Å². The monoisotopic (exact) mass is 466 g/mol. The fraction of sp³-hybridized carbons (Fsp3) is 0.185. The van der Waals surface area contributed by atoms with E-state index in [1.54, 1.807) is 30.6 Å². The van der Waals surface area contributed by atoms with Gasteiger partial charge in [0.1, 0.15) is 5.82 Å². The topological polar surface area (TPSA) is 77.2 Å². The molecular formula is C27H23FN6O. The first-order valence-corrected chi connectivity index (χ1v) is 11.6. The summed E-state index contributed by atoms with van der Waals surface area (Å²) in [5, 5.41) is 4.12. The molecule has 0 amide bonds. The van der Waals surface area contributed by atoms with Crippen LogP contribution in [0.2, 0.25) is 0 Å². The van der Waals surface area contributed by atoms with Gasteiger partial charge in [-0.3, -0.25) is 4.99 Å². The first-order valence-electron chi connectivity index (χ1n) is 11.6. The zero-order valence-electron chi connectivity index (χ0n) is 18.9. The summed E-state index contributed by atoms with van der Waals surface area (Å²) in [4.78, 5) is 18.7. The van der Waals surface area contributed by atoms with Crippen LogP contribution in [0.3, 0.4) is 0 Å². The van der Waals surface area contributed by atoms with Gasteiger partial charge in [0.15, 0.2) is 0 Å². The molecule has 3 heterocycles. The van der Waals surface area contributed by atoms with Crippen LogP contribution in [0.15, 0.2) is 84.1 Å². The number of ether oxygens (including phenoxy) is 1. The van der Waals surface area contributed by atoms with Gasteiger partial charge in [-0.1, -0.05) is 12.1 Å². The van der Waals surface area contributed by atoms with E-state index in [0.29, 0.717) is 19.2 Å². The van der Waals surface area contributed by atoms with Crippen molar-refractivity contribution in [2.75, 3.05) is 18.5 Å². The van der Waals surface area contributed by atoms with Crippen LogP contribution in [0.4, 0.5) is 16.0 Å². The van der Waals surface area contributed by atoms with E-state index >= 15 is 0 Å². The normalized spacial score (nSPS) is 15.1. The minimum atomic E-state index is -0.276. The molecule has 2 aliphatic heterocycles. The molecule has 1 saturated heterocycles. The van der Waals surface area contributed by atoms with Crippen molar-refractivity contribution >= 4 is 22.7 Å². The van der Waals surface area contributed by atoms with Gasteiger partial charge in [0.05, 0.1) is 39.5 Å². The van der Waals surface area contributed by atoms with Crippen LogP contribution in [-0.2, 0) is 4.74 Å². The molecule has 2 aromatic carbocycles. The highest BCUT2D eigenvalue weighted by Gasteiger charge is 2.18. The maximum atomic E-state index is 13.7. The molecule has 0 radical (unpaired) electrons. The first kappa shape index (κ1) is 21.4. The van der Waals surface area contributed by atoms with E-state index in [4.69, 9.17) is 14.7 Å². The third kappa shape index (κ3) is 4.36. The number of anilines is 2. The van der Waals surface area contributed by atoms with Gasteiger partial charge in [-0.05, 0) is 67.4 Å². The molecule has 8 heteroatoms. The molecule has 1 N–H and O–H groups in total. The predicted molar refractivity (Wildman–Crippen MR) is 132 cm³/mol. The van der Waals surface area contributed by atoms with Gasteiger partial charge in [0, 0.05) is 31.3 Å². The molecule has 0 spiro atoms. The summed E-state index contributed by atoms with van der Waals surface area (Å²) in [6, 6.07) is 20.4. The summed E-state index contributed by atoms with van der Waals surface area (Å²) in [5.41, 5.74) is 5.04. The Kier molecular flexibility index (Phi) is 5.64. The van der Waals surface area contributed by atoms with Crippen molar-refractivity contribution in [1.82, 2.24) is 19.5 Å². The molecule has 174 valence electrons. The summed E-state index contributed by atoms with van der Waals surface area (Å²) in [5.74, 6) is 0.212. The number of halogens is 1. The van der Waals surface area contributed by atoms with Gasteiger partial charge in [-0.15, -0.1) is 0 Å². The molecule has 1 aromatic heterocycles. The molecule has 0 saturated carbocycles. The van der Waals surface area contributed by atoms with E-state index in [1.807, 2.05) is 36.4 Å². The Balaban J connectivity index is 1.62. The molecule has 3 aromatic rings. The van der Waals surface area contributed by atoms with Crippen LogP contribution in [0.25, 0.3) is 28.1 Å². The highest BCUT2D eigenvalue weighted by atomic mass is 19.1. The predicted octanol–water partition coefficient (Wildman–Crippen LogP) is 4.88. The lowest BCUT2D eigenvalue weighted by Crippen LogP contribution is -2.23. The zero-order valence-corrected chi connectivity index (χ0v) is 18.9. The minimum Gasteiger partial charge on any atom is -0.381 e. The number of benzene rings is 3. The van der Waals surface area contributed by atoms with Crippen molar-refractivity contribution in [2.45, 2.75) is 18.9 Å². The molecule has 0 bridgehead atoms. The lowest BCUT2D eigenvalue weighted by molar-refractivity contribution is 0.0864. The van der Waals surface area contributed by atoms with Crippen molar-refractivity contribution in [3.63, 3.8) is 0 Å². The summed E-state index contributed by atoms with van der Waals surface area (Å²) < 4.78 is 21.4. The van der Waals surface area contributed by atoms with Crippen LogP contribution in [-0.4, -0.2) is 38.8 Å². The Morgan fingerprint density at radius 2 is 1.71 bits per heavy atom. The smallest absolute Gasteiger partial charge is 0.227 e. The maximum Gasteiger partial charge on any atom is 0.227 e. The van der Waals surface area contributed by atoms with Crippen molar-refractivity contribution in [3.8, 4) is 17.1 Å². The second-order valence-electron chi connectivity index (χ2n) is 8.44. The Labute approximate surface area is 201 Å². The summed E-state index contributed by atoms with van der Waals surface area (Å²) in [6.07, 6.45) is 5.13. The number of hydrogen-bond acceptors (Lipinski definition) is 6. The average molecular weight is 467 g/mol. The third-order valence-electron chi connectivity index (χ3n) is 6.11. The number of hydrogen-bond donors (Lipinski definition) is 1. The largest absolute Gasteiger partial charge is 0.381 e. The fourth-order valence-corrected chi connectivity index (χ4v) is 4.41. The third-order valence-corrected chi connectivity index (χ3v) is 6.11. The van der Waals surface area contributed by atoms with Gasteiger partial charge in [-0.25, -0.2) is 19.3 Å². The van der Waals surface area contributed by atoms with Crippen molar-refractivity contribution in [2.24, 2.45) is 4.99 Å². The Morgan fingerprint density at radius 1 is 0.943 bits per heavy atom. The molecular weight excluding hydrogens is 443 g/mol. The number of nitrogens with zero attached hydrogens (tertiary/aromatic N) is 5. The summed E-state index contributed by atoms with van der Waals surface area (Å²) in [7, 11) is 0. The molecule has 3 aliphatic rings. The average Bonchev–Trinajstić information content (AvgIpc) is 2.90. The summed E-state index contributed by atoms with van der Waals surface area (Å²) in [6.45, 7) is 1.40. The highest BCUT2D eigenvalue weighted by molar-refractivity contribution is 5.84. The Bertz CT molecular complexity index is 1510. The molecule has 0 atom stereocenters. The van der Waals surface area contributed by atoms with Crippen LogP contribution >= 0.6 is 0 Å². The second kappa shape index (κ2) is 9.23. The van der Waals surface area contributed by atoms with Gasteiger partial charge < -0.3 is 14.6 Å². The molecule has 7 nitrogen and oxygen atoms in total. The molecule has 35 heavy (non-hydrogen) atoms. The van der Waals surface area contributed by atoms with Crippen LogP contribution in [0.5, 0.6) is 0 Å². The molecule has 1 fully saturated rings. The van der Waals surface area contributed by atoms with E-state index in [-0.39, 0.29) is 11.9 Å². The van der Waals surface area contributed by atoms with Crippen molar-refractivity contribution in [1.29, 1.82) is 0 Å². The highest BCUT2D eigenvalue weighted by Crippen LogP contribution is 2.30. The molecule has 6 rings (SSSR count). The Morgan fingerprint density at radius 3 is 2.51 bits per heavy atom. The summed E-state index contributed by atoms with van der Waals surface area (Å²) >= 11 is 0. The van der Waals surface area contributed by atoms with Gasteiger partial charge >= 0.3 is 0 Å². The minimum absolute atomic E-state index is 0.158. The van der Waals surface area contributed by atoms with E-state index in [1.165, 1.54) is 12.1 Å². The number of nitrogens with one attached hydrogen (secondary N) is 1. The SMILES string of the molecule is Fc1ccc(-n2c3cc(=NC4CCOCC4)c(Nc4ncccn4)cc-3nc3ccccc32)cc1.